The van der Waals surface area contributed by atoms with Crippen molar-refractivity contribution in [3.63, 3.8) is 0 Å². The molecule has 0 saturated carbocycles. The average Bonchev–Trinajstić information content (AvgIpc) is 1.85. The van der Waals surface area contributed by atoms with E-state index < -0.39 is 0 Å². The van der Waals surface area contributed by atoms with Crippen LogP contribution in [0, 0.1) is 0 Å². The third-order valence-electron chi connectivity index (χ3n) is 1.75. The Morgan fingerprint density at radius 3 is 2.42 bits per heavy atom. The molecular formula is C9H22N2O. The molecule has 0 aliphatic heterocycles. The fraction of sp³-hybridized carbons (Fsp3) is 1.00. The normalized spacial score (nSPS) is 12.5. The molecule has 0 fully saturated rings. The third-order valence-corrected chi connectivity index (χ3v) is 1.75. The summed E-state index contributed by atoms with van der Waals surface area (Å²) in [6, 6.07) is 0.540. The Kier molecular flexibility index (Phi) is 5.46. The highest BCUT2D eigenvalue weighted by Gasteiger charge is 2.16. The molecule has 0 bridgehead atoms. The summed E-state index contributed by atoms with van der Waals surface area (Å²) in [6.07, 6.45) is 0.988. The molecule has 12 heavy (non-hydrogen) atoms. The van der Waals surface area contributed by atoms with Gasteiger partial charge in [0.05, 0.1) is 12.3 Å². The van der Waals surface area contributed by atoms with Gasteiger partial charge >= 0.3 is 0 Å². The second-order valence-electron chi connectivity index (χ2n) is 3.93. The van der Waals surface area contributed by atoms with Crippen molar-refractivity contribution in [3.8, 4) is 0 Å². The predicted octanol–water partition coefficient (Wildman–Crippen LogP) is 1.09. The van der Waals surface area contributed by atoms with Gasteiger partial charge in [0.25, 0.3) is 0 Å². The van der Waals surface area contributed by atoms with Crippen LogP contribution >= 0.6 is 0 Å². The van der Waals surface area contributed by atoms with E-state index in [1.54, 1.807) is 0 Å². The lowest BCUT2D eigenvalue weighted by Gasteiger charge is -2.24. The molecule has 0 radical (unpaired) electrons. The van der Waals surface area contributed by atoms with E-state index >= 15 is 0 Å². The van der Waals surface area contributed by atoms with Crippen molar-refractivity contribution in [2.75, 3.05) is 13.3 Å². The maximum Gasteiger partial charge on any atom is 0.0947 e. The first-order chi connectivity index (χ1) is 5.48. The number of hydrogen-bond acceptors (Lipinski definition) is 3. The lowest BCUT2D eigenvalue weighted by Crippen LogP contribution is -2.34. The van der Waals surface area contributed by atoms with E-state index in [0.717, 1.165) is 13.0 Å². The minimum atomic E-state index is -0.101. The molecule has 0 aliphatic carbocycles. The minimum absolute atomic E-state index is 0.101. The van der Waals surface area contributed by atoms with Crippen LogP contribution in [0.2, 0.25) is 0 Å². The second kappa shape index (κ2) is 5.51. The SMILES string of the molecule is CC(C)NCCC(C)(C)OCN. The van der Waals surface area contributed by atoms with Crippen LogP contribution in [0.25, 0.3) is 0 Å². The van der Waals surface area contributed by atoms with E-state index in [9.17, 15) is 0 Å². The van der Waals surface area contributed by atoms with Gasteiger partial charge in [0.2, 0.25) is 0 Å². The van der Waals surface area contributed by atoms with Crippen LogP contribution in [-0.4, -0.2) is 24.9 Å². The molecule has 74 valence electrons. The summed E-state index contributed by atoms with van der Waals surface area (Å²) in [5.74, 6) is 0. The number of nitrogens with one attached hydrogen (secondary N) is 1. The first kappa shape index (κ1) is 11.9. The Morgan fingerprint density at radius 2 is 2.00 bits per heavy atom. The van der Waals surface area contributed by atoms with Crippen molar-refractivity contribution in [1.82, 2.24) is 5.32 Å². The highest BCUT2D eigenvalue weighted by Crippen LogP contribution is 2.12. The predicted molar refractivity (Wildman–Crippen MR) is 52.0 cm³/mol. The number of nitrogens with two attached hydrogens (primary N) is 1. The Bertz CT molecular complexity index is 113. The maximum absolute atomic E-state index is 5.35. The van der Waals surface area contributed by atoms with Gasteiger partial charge in [-0.25, -0.2) is 0 Å². The van der Waals surface area contributed by atoms with E-state index in [2.05, 4.69) is 33.0 Å². The van der Waals surface area contributed by atoms with Crippen LogP contribution in [0.15, 0.2) is 0 Å². The molecule has 0 saturated heterocycles. The molecule has 0 heterocycles. The van der Waals surface area contributed by atoms with Gasteiger partial charge < -0.3 is 15.8 Å². The number of ether oxygens (including phenoxy) is 1. The fourth-order valence-electron chi connectivity index (χ4n) is 0.960. The first-order valence-corrected chi connectivity index (χ1v) is 4.55. The summed E-state index contributed by atoms with van der Waals surface area (Å²) in [7, 11) is 0. The van der Waals surface area contributed by atoms with E-state index in [4.69, 9.17) is 10.5 Å². The lowest BCUT2D eigenvalue weighted by molar-refractivity contribution is -0.0197. The third kappa shape index (κ3) is 6.58. The van der Waals surface area contributed by atoms with Crippen LogP contribution < -0.4 is 11.1 Å². The van der Waals surface area contributed by atoms with Gasteiger partial charge in [-0.05, 0) is 26.8 Å². The van der Waals surface area contributed by atoms with E-state index in [0.29, 0.717) is 12.8 Å². The summed E-state index contributed by atoms with van der Waals surface area (Å²) < 4.78 is 5.35. The lowest BCUT2D eigenvalue weighted by atomic mass is 10.1. The molecule has 0 unspecified atom stereocenters. The standard InChI is InChI=1S/C9H22N2O/c1-8(2)11-6-5-9(3,4)12-7-10/h8,11H,5-7,10H2,1-4H3. The molecule has 0 amide bonds. The van der Waals surface area contributed by atoms with E-state index in [-0.39, 0.29) is 5.60 Å². The van der Waals surface area contributed by atoms with Crippen LogP contribution in [0.3, 0.4) is 0 Å². The van der Waals surface area contributed by atoms with E-state index in [1.807, 2.05) is 0 Å². The zero-order chi connectivity index (χ0) is 9.61. The van der Waals surface area contributed by atoms with Crippen molar-refractivity contribution in [2.45, 2.75) is 45.8 Å². The Labute approximate surface area is 75.7 Å². The van der Waals surface area contributed by atoms with Crippen molar-refractivity contribution in [3.05, 3.63) is 0 Å². The van der Waals surface area contributed by atoms with Gasteiger partial charge in [-0.15, -0.1) is 0 Å². The maximum atomic E-state index is 5.35. The summed E-state index contributed by atoms with van der Waals surface area (Å²) in [6.45, 7) is 9.66. The van der Waals surface area contributed by atoms with Gasteiger partial charge in [-0.1, -0.05) is 13.8 Å². The molecule has 0 aliphatic rings. The van der Waals surface area contributed by atoms with Crippen molar-refractivity contribution < 1.29 is 4.74 Å². The van der Waals surface area contributed by atoms with Crippen LogP contribution in [0.1, 0.15) is 34.1 Å². The Hall–Kier alpha value is -0.120. The van der Waals surface area contributed by atoms with E-state index in [1.165, 1.54) is 0 Å². The summed E-state index contributed by atoms with van der Waals surface area (Å²) in [5.41, 5.74) is 5.20. The average molecular weight is 174 g/mol. The number of rotatable bonds is 6. The van der Waals surface area contributed by atoms with Gasteiger partial charge in [-0.2, -0.15) is 0 Å². The zero-order valence-corrected chi connectivity index (χ0v) is 8.68. The molecule has 0 aromatic heterocycles. The highest BCUT2D eigenvalue weighted by molar-refractivity contribution is 4.70. The van der Waals surface area contributed by atoms with Gasteiger partial charge in [-0.3, -0.25) is 0 Å². The molecule has 0 rings (SSSR count). The largest absolute Gasteiger partial charge is 0.361 e. The minimum Gasteiger partial charge on any atom is -0.361 e. The molecule has 0 atom stereocenters. The van der Waals surface area contributed by atoms with Crippen LogP contribution in [0.5, 0.6) is 0 Å². The Balaban J connectivity index is 3.46. The summed E-state index contributed by atoms with van der Waals surface area (Å²) in [4.78, 5) is 0. The molecule has 0 spiro atoms. The monoisotopic (exact) mass is 174 g/mol. The molecule has 0 aromatic carbocycles. The second-order valence-corrected chi connectivity index (χ2v) is 3.93. The quantitative estimate of drug-likeness (QED) is 0.592. The van der Waals surface area contributed by atoms with Gasteiger partial charge in [0.1, 0.15) is 0 Å². The molecule has 3 N–H and O–H groups in total. The molecule has 0 aromatic rings. The highest BCUT2D eigenvalue weighted by atomic mass is 16.5. The Morgan fingerprint density at radius 1 is 1.42 bits per heavy atom. The molecular weight excluding hydrogens is 152 g/mol. The van der Waals surface area contributed by atoms with Crippen molar-refractivity contribution in [2.24, 2.45) is 5.73 Å². The first-order valence-electron chi connectivity index (χ1n) is 4.55. The summed E-state index contributed by atoms with van der Waals surface area (Å²) >= 11 is 0. The van der Waals surface area contributed by atoms with Crippen molar-refractivity contribution in [1.29, 1.82) is 0 Å². The fourth-order valence-corrected chi connectivity index (χ4v) is 0.960. The van der Waals surface area contributed by atoms with Crippen molar-refractivity contribution >= 4 is 0 Å². The van der Waals surface area contributed by atoms with Gasteiger partial charge in [0, 0.05) is 6.04 Å². The van der Waals surface area contributed by atoms with Crippen LogP contribution in [0.4, 0.5) is 0 Å². The van der Waals surface area contributed by atoms with Crippen LogP contribution in [-0.2, 0) is 4.74 Å². The zero-order valence-electron chi connectivity index (χ0n) is 8.68. The topological polar surface area (TPSA) is 47.3 Å². The molecule has 3 heteroatoms. The van der Waals surface area contributed by atoms with Gasteiger partial charge in [0.15, 0.2) is 0 Å². The molecule has 3 nitrogen and oxygen atoms in total. The number of hydrogen-bond donors (Lipinski definition) is 2. The summed E-state index contributed by atoms with van der Waals surface area (Å²) in [5, 5.41) is 3.34. The smallest absolute Gasteiger partial charge is 0.0947 e.